The third-order valence-electron chi connectivity index (χ3n) is 3.57. The van der Waals surface area contributed by atoms with Crippen LogP contribution in [0.25, 0.3) is 0 Å². The molecule has 1 heterocycles. The summed E-state index contributed by atoms with van der Waals surface area (Å²) in [6, 6.07) is 0.681. The van der Waals surface area contributed by atoms with Crippen molar-refractivity contribution in [1.82, 2.24) is 4.90 Å². The number of rotatable bonds is 3. The monoisotopic (exact) mass is 184 g/mol. The Hall–Kier alpha value is -0.0800. The first kappa shape index (κ1) is 11.0. The van der Waals surface area contributed by atoms with Crippen molar-refractivity contribution in [2.45, 2.75) is 39.7 Å². The van der Waals surface area contributed by atoms with Crippen LogP contribution in [0.5, 0.6) is 0 Å². The minimum Gasteiger partial charge on any atom is -0.330 e. The number of nitrogens with zero attached hydrogens (tertiary/aromatic N) is 1. The Kier molecular flexibility index (Phi) is 4.20. The van der Waals surface area contributed by atoms with E-state index < -0.39 is 0 Å². The van der Waals surface area contributed by atoms with E-state index in [1.165, 1.54) is 19.5 Å². The quantitative estimate of drug-likeness (QED) is 0.723. The van der Waals surface area contributed by atoms with Gasteiger partial charge in [0.15, 0.2) is 0 Å². The number of likely N-dealkylation sites (tertiary alicyclic amines) is 1. The topological polar surface area (TPSA) is 29.3 Å². The molecule has 3 unspecified atom stereocenters. The van der Waals surface area contributed by atoms with Gasteiger partial charge in [0.2, 0.25) is 0 Å². The third kappa shape index (κ3) is 2.96. The molecule has 0 saturated carbocycles. The highest BCUT2D eigenvalue weighted by Gasteiger charge is 2.24. The lowest BCUT2D eigenvalue weighted by atomic mass is 9.88. The molecule has 0 aromatic rings. The molecular weight excluding hydrogens is 160 g/mol. The summed E-state index contributed by atoms with van der Waals surface area (Å²) in [7, 11) is 0. The molecule has 2 nitrogen and oxygen atoms in total. The minimum absolute atomic E-state index is 0.681. The van der Waals surface area contributed by atoms with Crippen LogP contribution in [0.2, 0.25) is 0 Å². The van der Waals surface area contributed by atoms with Crippen molar-refractivity contribution in [1.29, 1.82) is 0 Å². The van der Waals surface area contributed by atoms with Gasteiger partial charge in [0.25, 0.3) is 0 Å². The van der Waals surface area contributed by atoms with Crippen LogP contribution in [0.1, 0.15) is 33.6 Å². The molecule has 1 fully saturated rings. The molecule has 1 aliphatic heterocycles. The fourth-order valence-electron chi connectivity index (χ4n) is 2.12. The molecular formula is C11H24N2. The maximum Gasteiger partial charge on any atom is 0.00790 e. The molecule has 78 valence electrons. The van der Waals surface area contributed by atoms with Crippen molar-refractivity contribution in [3.63, 3.8) is 0 Å². The molecule has 3 atom stereocenters. The number of piperidine rings is 1. The fourth-order valence-corrected chi connectivity index (χ4v) is 2.12. The van der Waals surface area contributed by atoms with Crippen LogP contribution in [-0.4, -0.2) is 30.6 Å². The van der Waals surface area contributed by atoms with Crippen LogP contribution in [0.4, 0.5) is 0 Å². The summed E-state index contributed by atoms with van der Waals surface area (Å²) in [5.74, 6) is 1.76. The summed E-state index contributed by atoms with van der Waals surface area (Å²) in [6.45, 7) is 10.4. The Morgan fingerprint density at radius 1 is 1.38 bits per heavy atom. The van der Waals surface area contributed by atoms with Crippen molar-refractivity contribution in [2.75, 3.05) is 19.6 Å². The van der Waals surface area contributed by atoms with E-state index in [0.29, 0.717) is 6.04 Å². The average Bonchev–Trinajstić information content (AvgIpc) is 2.10. The van der Waals surface area contributed by atoms with Crippen molar-refractivity contribution in [3.05, 3.63) is 0 Å². The molecule has 0 aromatic carbocycles. The van der Waals surface area contributed by atoms with Crippen molar-refractivity contribution >= 4 is 0 Å². The van der Waals surface area contributed by atoms with E-state index in [4.69, 9.17) is 5.73 Å². The molecule has 0 spiro atoms. The second-order valence-corrected chi connectivity index (χ2v) is 4.66. The van der Waals surface area contributed by atoms with Gasteiger partial charge in [-0.15, -0.1) is 0 Å². The molecule has 0 radical (unpaired) electrons. The van der Waals surface area contributed by atoms with E-state index in [9.17, 15) is 0 Å². The zero-order chi connectivity index (χ0) is 9.84. The summed E-state index contributed by atoms with van der Waals surface area (Å²) < 4.78 is 0. The van der Waals surface area contributed by atoms with E-state index in [0.717, 1.165) is 24.8 Å². The van der Waals surface area contributed by atoms with Gasteiger partial charge in [-0.2, -0.15) is 0 Å². The normalized spacial score (nSPS) is 33.2. The Balaban J connectivity index is 2.36. The van der Waals surface area contributed by atoms with Crippen LogP contribution in [0, 0.1) is 11.8 Å². The van der Waals surface area contributed by atoms with Crippen molar-refractivity contribution in [3.8, 4) is 0 Å². The highest BCUT2D eigenvalue weighted by molar-refractivity contribution is 4.78. The molecule has 0 amide bonds. The predicted octanol–water partition coefficient (Wildman–Crippen LogP) is 1.70. The second-order valence-electron chi connectivity index (χ2n) is 4.66. The van der Waals surface area contributed by atoms with Gasteiger partial charge in [0.1, 0.15) is 0 Å². The zero-order valence-electron chi connectivity index (χ0n) is 9.29. The largest absolute Gasteiger partial charge is 0.330 e. The van der Waals surface area contributed by atoms with E-state index in [-0.39, 0.29) is 0 Å². The first-order valence-corrected chi connectivity index (χ1v) is 5.59. The number of nitrogens with two attached hydrogens (primary N) is 1. The Labute approximate surface area is 82.5 Å². The number of hydrogen-bond acceptors (Lipinski definition) is 2. The Morgan fingerprint density at radius 3 is 2.62 bits per heavy atom. The van der Waals surface area contributed by atoms with Gasteiger partial charge in [-0.1, -0.05) is 13.8 Å². The molecule has 2 N–H and O–H groups in total. The maximum atomic E-state index is 5.57. The number of hydrogen-bond donors (Lipinski definition) is 1. The highest BCUT2D eigenvalue weighted by Crippen LogP contribution is 2.24. The van der Waals surface area contributed by atoms with Gasteiger partial charge in [-0.05, 0) is 44.7 Å². The predicted molar refractivity (Wildman–Crippen MR) is 57.7 cm³/mol. The van der Waals surface area contributed by atoms with Crippen molar-refractivity contribution in [2.24, 2.45) is 17.6 Å². The lowest BCUT2D eigenvalue weighted by molar-refractivity contribution is 0.0997. The lowest BCUT2D eigenvalue weighted by Crippen LogP contribution is -2.44. The summed E-state index contributed by atoms with van der Waals surface area (Å²) in [6.07, 6.45) is 2.50. The van der Waals surface area contributed by atoms with E-state index in [1.54, 1.807) is 0 Å². The van der Waals surface area contributed by atoms with E-state index in [2.05, 4.69) is 25.7 Å². The molecule has 2 heteroatoms. The van der Waals surface area contributed by atoms with Gasteiger partial charge >= 0.3 is 0 Å². The Bertz CT molecular complexity index is 147. The summed E-state index contributed by atoms with van der Waals surface area (Å²) >= 11 is 0. The molecule has 1 aliphatic rings. The summed E-state index contributed by atoms with van der Waals surface area (Å²) in [5, 5.41) is 0. The maximum absolute atomic E-state index is 5.57. The van der Waals surface area contributed by atoms with Gasteiger partial charge in [-0.3, -0.25) is 0 Å². The first-order chi connectivity index (χ1) is 6.15. The van der Waals surface area contributed by atoms with Crippen molar-refractivity contribution < 1.29 is 0 Å². The second kappa shape index (κ2) is 4.97. The van der Waals surface area contributed by atoms with Crippen LogP contribution < -0.4 is 5.73 Å². The fraction of sp³-hybridized carbons (Fsp3) is 1.00. The molecule has 1 rings (SSSR count). The van der Waals surface area contributed by atoms with Gasteiger partial charge in [-0.25, -0.2) is 0 Å². The van der Waals surface area contributed by atoms with Crippen LogP contribution in [-0.2, 0) is 0 Å². The van der Waals surface area contributed by atoms with Crippen LogP contribution >= 0.6 is 0 Å². The SMILES string of the molecule is CC1CCN(C(C)CCN)CC1C. The van der Waals surface area contributed by atoms with E-state index in [1.807, 2.05) is 0 Å². The van der Waals surface area contributed by atoms with E-state index >= 15 is 0 Å². The molecule has 0 bridgehead atoms. The zero-order valence-corrected chi connectivity index (χ0v) is 9.29. The molecule has 13 heavy (non-hydrogen) atoms. The lowest BCUT2D eigenvalue weighted by Gasteiger charge is -2.38. The summed E-state index contributed by atoms with van der Waals surface area (Å²) in [5.41, 5.74) is 5.57. The molecule has 0 aliphatic carbocycles. The van der Waals surface area contributed by atoms with Crippen LogP contribution in [0.3, 0.4) is 0 Å². The smallest absolute Gasteiger partial charge is 0.00790 e. The van der Waals surface area contributed by atoms with Gasteiger partial charge in [0.05, 0.1) is 0 Å². The standard InChI is InChI=1S/C11H24N2/c1-9-5-7-13(8-10(9)2)11(3)4-6-12/h9-11H,4-8,12H2,1-3H3. The van der Waals surface area contributed by atoms with Crippen LogP contribution in [0.15, 0.2) is 0 Å². The third-order valence-corrected chi connectivity index (χ3v) is 3.57. The van der Waals surface area contributed by atoms with Gasteiger partial charge in [0, 0.05) is 12.6 Å². The average molecular weight is 184 g/mol. The Morgan fingerprint density at radius 2 is 2.08 bits per heavy atom. The molecule has 0 aromatic heterocycles. The molecule has 1 saturated heterocycles. The minimum atomic E-state index is 0.681. The van der Waals surface area contributed by atoms with Gasteiger partial charge < -0.3 is 10.6 Å². The highest BCUT2D eigenvalue weighted by atomic mass is 15.2. The summed E-state index contributed by atoms with van der Waals surface area (Å²) in [4.78, 5) is 2.59. The first-order valence-electron chi connectivity index (χ1n) is 5.59.